The van der Waals surface area contributed by atoms with Gasteiger partial charge in [0.2, 0.25) is 0 Å². The van der Waals surface area contributed by atoms with Gasteiger partial charge in [0.15, 0.2) is 0 Å². The monoisotopic (exact) mass is 271 g/mol. The van der Waals surface area contributed by atoms with Crippen molar-refractivity contribution in [2.24, 2.45) is 0 Å². The van der Waals surface area contributed by atoms with Crippen molar-refractivity contribution in [3.8, 4) is 0 Å². The van der Waals surface area contributed by atoms with Crippen LogP contribution in [0, 0.1) is 17.0 Å². The number of anilines is 2. The Morgan fingerprint density at radius 2 is 1.85 bits per heavy atom. The third kappa shape index (κ3) is 2.92. The molecule has 0 bridgehead atoms. The third-order valence-corrected chi connectivity index (χ3v) is 2.85. The molecule has 0 aromatic heterocycles. The lowest BCUT2D eigenvalue weighted by molar-refractivity contribution is -0.384. The molecular weight excluding hydrogens is 258 g/mol. The number of amides is 1. The number of nitrogens with zero attached hydrogens (tertiary/aromatic N) is 1. The molecule has 20 heavy (non-hydrogen) atoms. The lowest BCUT2D eigenvalue weighted by Crippen LogP contribution is -2.13. The molecule has 0 aliphatic heterocycles. The number of nitrogens with two attached hydrogens (primary N) is 1. The minimum atomic E-state index is -0.502. The summed E-state index contributed by atoms with van der Waals surface area (Å²) in [6.45, 7) is 1.77. The van der Waals surface area contributed by atoms with Gasteiger partial charge in [-0.2, -0.15) is 0 Å². The van der Waals surface area contributed by atoms with Crippen molar-refractivity contribution in [2.75, 3.05) is 11.1 Å². The van der Waals surface area contributed by atoms with Crippen molar-refractivity contribution in [3.63, 3.8) is 0 Å². The van der Waals surface area contributed by atoms with Crippen LogP contribution in [-0.4, -0.2) is 10.8 Å². The second-order valence-corrected chi connectivity index (χ2v) is 4.33. The summed E-state index contributed by atoms with van der Waals surface area (Å²) in [4.78, 5) is 22.3. The van der Waals surface area contributed by atoms with Gasteiger partial charge in [-0.1, -0.05) is 6.07 Å². The number of hydrogen-bond donors (Lipinski definition) is 2. The van der Waals surface area contributed by atoms with E-state index in [2.05, 4.69) is 5.32 Å². The van der Waals surface area contributed by atoms with Crippen LogP contribution in [0.5, 0.6) is 0 Å². The predicted octanol–water partition coefficient (Wildman–Crippen LogP) is 2.74. The van der Waals surface area contributed by atoms with Crippen molar-refractivity contribution >= 4 is 23.0 Å². The molecule has 0 aliphatic carbocycles. The highest BCUT2D eigenvalue weighted by atomic mass is 16.6. The minimum absolute atomic E-state index is 0.0665. The zero-order valence-electron chi connectivity index (χ0n) is 10.8. The maximum atomic E-state index is 12.0. The summed E-state index contributed by atoms with van der Waals surface area (Å²) >= 11 is 0. The largest absolute Gasteiger partial charge is 0.399 e. The van der Waals surface area contributed by atoms with E-state index in [-0.39, 0.29) is 11.6 Å². The van der Waals surface area contributed by atoms with Gasteiger partial charge in [-0.25, -0.2) is 0 Å². The number of carbonyl (C=O) groups is 1. The van der Waals surface area contributed by atoms with Crippen LogP contribution in [0.1, 0.15) is 15.9 Å². The average molecular weight is 271 g/mol. The van der Waals surface area contributed by atoms with Crippen LogP contribution in [0.4, 0.5) is 17.1 Å². The number of non-ortho nitro benzene ring substituents is 1. The SMILES string of the molecule is Cc1ccc([N+](=O)[O-])cc1NC(=O)c1ccc(N)cc1. The second kappa shape index (κ2) is 5.40. The Kier molecular flexibility index (Phi) is 3.65. The standard InChI is InChI=1S/C14H13N3O3/c1-9-2-7-12(17(19)20)8-13(9)16-14(18)10-3-5-11(15)6-4-10/h2-8H,15H2,1H3,(H,16,18). The molecule has 2 aromatic carbocycles. The summed E-state index contributed by atoms with van der Waals surface area (Å²) in [5, 5.41) is 13.4. The molecule has 0 fully saturated rings. The number of nitro benzene ring substituents is 1. The predicted molar refractivity (Wildman–Crippen MR) is 76.6 cm³/mol. The number of rotatable bonds is 3. The lowest BCUT2D eigenvalue weighted by Gasteiger charge is -2.08. The van der Waals surface area contributed by atoms with E-state index < -0.39 is 4.92 Å². The molecule has 3 N–H and O–H groups in total. The molecule has 0 aliphatic rings. The van der Waals surface area contributed by atoms with Crippen LogP contribution < -0.4 is 11.1 Å². The Balaban J connectivity index is 2.25. The number of benzene rings is 2. The van der Waals surface area contributed by atoms with Crippen LogP contribution in [0.2, 0.25) is 0 Å². The number of nitro groups is 1. The Hall–Kier alpha value is -2.89. The van der Waals surface area contributed by atoms with E-state index in [0.717, 1.165) is 5.56 Å². The van der Waals surface area contributed by atoms with E-state index in [9.17, 15) is 14.9 Å². The van der Waals surface area contributed by atoms with Gasteiger partial charge in [0.1, 0.15) is 0 Å². The Morgan fingerprint density at radius 3 is 2.45 bits per heavy atom. The van der Waals surface area contributed by atoms with E-state index in [1.165, 1.54) is 12.1 Å². The lowest BCUT2D eigenvalue weighted by atomic mass is 10.1. The molecule has 0 saturated carbocycles. The fourth-order valence-corrected chi connectivity index (χ4v) is 1.69. The van der Waals surface area contributed by atoms with E-state index in [0.29, 0.717) is 16.9 Å². The van der Waals surface area contributed by atoms with Gasteiger partial charge in [0.25, 0.3) is 11.6 Å². The summed E-state index contributed by atoms with van der Waals surface area (Å²) < 4.78 is 0. The molecule has 6 heteroatoms. The van der Waals surface area contributed by atoms with Gasteiger partial charge in [-0.15, -0.1) is 0 Å². The first-order valence-electron chi connectivity index (χ1n) is 5.89. The first-order valence-corrected chi connectivity index (χ1v) is 5.89. The Bertz CT molecular complexity index is 666. The topological polar surface area (TPSA) is 98.3 Å². The molecule has 0 radical (unpaired) electrons. The third-order valence-electron chi connectivity index (χ3n) is 2.85. The van der Waals surface area contributed by atoms with E-state index in [1.54, 1.807) is 37.3 Å². The fourth-order valence-electron chi connectivity index (χ4n) is 1.69. The average Bonchev–Trinajstić information content (AvgIpc) is 2.41. The molecule has 2 aromatic rings. The first-order chi connectivity index (χ1) is 9.47. The highest BCUT2D eigenvalue weighted by Crippen LogP contribution is 2.22. The van der Waals surface area contributed by atoms with Crippen molar-refractivity contribution < 1.29 is 9.72 Å². The number of carbonyl (C=O) groups excluding carboxylic acids is 1. The van der Waals surface area contributed by atoms with E-state index in [1.807, 2.05) is 0 Å². The molecule has 102 valence electrons. The molecule has 2 rings (SSSR count). The van der Waals surface area contributed by atoms with Gasteiger partial charge in [-0.05, 0) is 36.8 Å². The number of nitrogens with one attached hydrogen (secondary N) is 1. The van der Waals surface area contributed by atoms with Crippen molar-refractivity contribution in [1.29, 1.82) is 0 Å². The number of hydrogen-bond acceptors (Lipinski definition) is 4. The van der Waals surface area contributed by atoms with Gasteiger partial charge >= 0.3 is 0 Å². The van der Waals surface area contributed by atoms with Crippen LogP contribution in [0.25, 0.3) is 0 Å². The molecule has 6 nitrogen and oxygen atoms in total. The summed E-state index contributed by atoms with van der Waals surface area (Å²) in [7, 11) is 0. The normalized spacial score (nSPS) is 10.1. The van der Waals surface area contributed by atoms with Gasteiger partial charge in [0.05, 0.1) is 10.6 Å². The highest BCUT2D eigenvalue weighted by Gasteiger charge is 2.12. The quantitative estimate of drug-likeness (QED) is 0.509. The van der Waals surface area contributed by atoms with Crippen LogP contribution in [0.3, 0.4) is 0 Å². The molecule has 0 atom stereocenters. The zero-order valence-corrected chi connectivity index (χ0v) is 10.8. The van der Waals surface area contributed by atoms with Gasteiger partial charge in [-0.3, -0.25) is 14.9 Å². The van der Waals surface area contributed by atoms with Crippen LogP contribution in [-0.2, 0) is 0 Å². The molecule has 0 unspecified atom stereocenters. The van der Waals surface area contributed by atoms with Crippen LogP contribution >= 0.6 is 0 Å². The van der Waals surface area contributed by atoms with Gasteiger partial charge in [0, 0.05) is 23.4 Å². The van der Waals surface area contributed by atoms with Crippen molar-refractivity contribution in [2.45, 2.75) is 6.92 Å². The smallest absolute Gasteiger partial charge is 0.271 e. The molecule has 0 saturated heterocycles. The van der Waals surface area contributed by atoms with E-state index >= 15 is 0 Å². The fraction of sp³-hybridized carbons (Fsp3) is 0.0714. The molecule has 0 spiro atoms. The molecular formula is C14H13N3O3. The maximum Gasteiger partial charge on any atom is 0.271 e. The summed E-state index contributed by atoms with van der Waals surface area (Å²) in [6, 6.07) is 10.8. The van der Waals surface area contributed by atoms with E-state index in [4.69, 9.17) is 5.73 Å². The van der Waals surface area contributed by atoms with Crippen molar-refractivity contribution in [3.05, 3.63) is 63.7 Å². The second-order valence-electron chi connectivity index (χ2n) is 4.33. The summed E-state index contributed by atoms with van der Waals surface area (Å²) in [5.74, 6) is -0.339. The number of aryl methyl sites for hydroxylation is 1. The molecule has 0 heterocycles. The Labute approximate surface area is 115 Å². The maximum absolute atomic E-state index is 12.0. The summed E-state index contributed by atoms with van der Waals surface area (Å²) in [6.07, 6.45) is 0. The Morgan fingerprint density at radius 1 is 1.20 bits per heavy atom. The first kappa shape index (κ1) is 13.5. The molecule has 1 amide bonds. The summed E-state index contributed by atoms with van der Waals surface area (Å²) in [5.41, 5.74) is 7.65. The zero-order chi connectivity index (χ0) is 14.7. The number of nitrogen functional groups attached to an aromatic ring is 1. The minimum Gasteiger partial charge on any atom is -0.399 e. The van der Waals surface area contributed by atoms with Gasteiger partial charge < -0.3 is 11.1 Å². The highest BCUT2D eigenvalue weighted by molar-refractivity contribution is 6.04. The van der Waals surface area contributed by atoms with Crippen LogP contribution in [0.15, 0.2) is 42.5 Å². The van der Waals surface area contributed by atoms with Crippen molar-refractivity contribution in [1.82, 2.24) is 0 Å².